The number of amides is 1. The van der Waals surface area contributed by atoms with Gasteiger partial charge in [-0.05, 0) is 80.0 Å². The molecule has 0 unspecified atom stereocenters. The first-order chi connectivity index (χ1) is 12.5. The summed E-state index contributed by atoms with van der Waals surface area (Å²) in [6.07, 6.45) is -0.556. The van der Waals surface area contributed by atoms with Crippen molar-refractivity contribution in [1.82, 2.24) is 5.32 Å². The molecule has 3 heteroatoms. The lowest BCUT2D eigenvalue weighted by Crippen LogP contribution is -2.38. The van der Waals surface area contributed by atoms with Gasteiger partial charge < -0.3 is 10.1 Å². The van der Waals surface area contributed by atoms with E-state index in [1.54, 1.807) is 6.92 Å². The summed E-state index contributed by atoms with van der Waals surface area (Å²) >= 11 is 0. The van der Waals surface area contributed by atoms with E-state index in [4.69, 9.17) is 4.74 Å². The maximum atomic E-state index is 12.6. The van der Waals surface area contributed by atoms with Crippen LogP contribution in [0, 0.1) is 20.8 Å². The monoisotopic (exact) mass is 367 g/mol. The highest BCUT2D eigenvalue weighted by Crippen LogP contribution is 2.25. The Morgan fingerprint density at radius 1 is 0.926 bits per heavy atom. The van der Waals surface area contributed by atoms with Crippen LogP contribution in [-0.4, -0.2) is 12.0 Å². The number of hydrogen-bond acceptors (Lipinski definition) is 2. The minimum Gasteiger partial charge on any atom is -0.481 e. The highest BCUT2D eigenvalue weighted by molar-refractivity contribution is 5.81. The molecule has 0 aliphatic heterocycles. The second kappa shape index (κ2) is 8.16. The Hall–Kier alpha value is -2.29. The number of carbonyl (C=O) groups excluding carboxylic acids is 1. The third-order valence-electron chi connectivity index (χ3n) is 5.11. The van der Waals surface area contributed by atoms with Gasteiger partial charge in [-0.2, -0.15) is 0 Å². The predicted octanol–water partition coefficient (Wildman–Crippen LogP) is 5.55. The topological polar surface area (TPSA) is 38.3 Å². The predicted molar refractivity (Wildman–Crippen MR) is 112 cm³/mol. The Morgan fingerprint density at radius 2 is 1.48 bits per heavy atom. The van der Waals surface area contributed by atoms with Crippen molar-refractivity contribution in [3.63, 3.8) is 0 Å². The van der Waals surface area contributed by atoms with E-state index in [1.807, 2.05) is 19.1 Å². The zero-order valence-corrected chi connectivity index (χ0v) is 17.9. The molecular formula is C24H33NO2. The van der Waals surface area contributed by atoms with Crippen molar-refractivity contribution < 1.29 is 9.53 Å². The molecule has 2 aromatic rings. The molecular weight excluding hydrogens is 334 g/mol. The highest BCUT2D eigenvalue weighted by atomic mass is 16.5. The lowest BCUT2D eigenvalue weighted by Gasteiger charge is -2.22. The molecule has 2 aromatic carbocycles. The van der Waals surface area contributed by atoms with E-state index >= 15 is 0 Å². The molecule has 0 saturated heterocycles. The smallest absolute Gasteiger partial charge is 0.261 e. The normalized spacial score (nSPS) is 13.8. The van der Waals surface area contributed by atoms with Crippen molar-refractivity contribution in [2.45, 2.75) is 73.0 Å². The molecule has 27 heavy (non-hydrogen) atoms. The van der Waals surface area contributed by atoms with E-state index in [2.05, 4.69) is 71.1 Å². The second-order valence-electron chi connectivity index (χ2n) is 8.56. The van der Waals surface area contributed by atoms with E-state index < -0.39 is 6.10 Å². The van der Waals surface area contributed by atoms with Crippen molar-refractivity contribution in [2.75, 3.05) is 0 Å². The standard InChI is InChI=1S/C24H33NO2/c1-15-13-17(3)22(14-16(15)2)18(4)25-23(26)19(5)27-21-11-9-20(10-12-21)24(6,7)8/h9-14,18-19H,1-8H3,(H,25,26)/t18-,19+/m1/s1. The van der Waals surface area contributed by atoms with E-state index in [-0.39, 0.29) is 17.4 Å². The van der Waals surface area contributed by atoms with Crippen LogP contribution >= 0.6 is 0 Å². The lowest BCUT2D eigenvalue weighted by molar-refractivity contribution is -0.127. The highest BCUT2D eigenvalue weighted by Gasteiger charge is 2.20. The summed E-state index contributed by atoms with van der Waals surface area (Å²) < 4.78 is 5.84. The van der Waals surface area contributed by atoms with E-state index in [9.17, 15) is 4.79 Å². The van der Waals surface area contributed by atoms with Crippen LogP contribution in [-0.2, 0) is 10.2 Å². The third-order valence-corrected chi connectivity index (χ3v) is 5.11. The lowest BCUT2D eigenvalue weighted by atomic mass is 9.87. The summed E-state index contributed by atoms with van der Waals surface area (Å²) in [6.45, 7) is 16.6. The zero-order chi connectivity index (χ0) is 20.4. The van der Waals surface area contributed by atoms with Gasteiger partial charge in [0, 0.05) is 0 Å². The van der Waals surface area contributed by atoms with Crippen LogP contribution in [0.3, 0.4) is 0 Å². The van der Waals surface area contributed by atoms with Gasteiger partial charge in [0.15, 0.2) is 6.10 Å². The first-order valence-corrected chi connectivity index (χ1v) is 9.64. The molecule has 0 heterocycles. The molecule has 0 radical (unpaired) electrons. The molecule has 0 spiro atoms. The fraction of sp³-hybridized carbons (Fsp3) is 0.458. The summed E-state index contributed by atoms with van der Waals surface area (Å²) in [5.74, 6) is 0.598. The van der Waals surface area contributed by atoms with Crippen LogP contribution < -0.4 is 10.1 Å². The third kappa shape index (κ3) is 5.35. The molecule has 1 N–H and O–H groups in total. The van der Waals surface area contributed by atoms with Gasteiger partial charge >= 0.3 is 0 Å². The second-order valence-corrected chi connectivity index (χ2v) is 8.56. The Kier molecular flexibility index (Phi) is 6.35. The number of rotatable bonds is 5. The quantitative estimate of drug-likeness (QED) is 0.752. The SMILES string of the molecule is Cc1cc(C)c([C@@H](C)NC(=O)[C@H](C)Oc2ccc(C(C)(C)C)cc2)cc1C. The average Bonchev–Trinajstić information content (AvgIpc) is 2.57. The van der Waals surface area contributed by atoms with Crippen molar-refractivity contribution in [3.8, 4) is 5.75 Å². The van der Waals surface area contributed by atoms with Gasteiger partial charge in [-0.15, -0.1) is 0 Å². The van der Waals surface area contributed by atoms with Gasteiger partial charge in [0.05, 0.1) is 6.04 Å². The molecule has 0 aromatic heterocycles. The molecule has 146 valence electrons. The van der Waals surface area contributed by atoms with Crippen molar-refractivity contribution in [1.29, 1.82) is 0 Å². The first kappa shape index (κ1) is 21.0. The van der Waals surface area contributed by atoms with Gasteiger partial charge in [0.1, 0.15) is 5.75 Å². The molecule has 0 saturated carbocycles. The minimum absolute atomic E-state index is 0.0638. The summed E-state index contributed by atoms with van der Waals surface area (Å²) in [4.78, 5) is 12.6. The maximum absolute atomic E-state index is 12.6. The summed E-state index contributed by atoms with van der Waals surface area (Å²) in [7, 11) is 0. The average molecular weight is 368 g/mol. The van der Waals surface area contributed by atoms with Crippen LogP contribution in [0.1, 0.15) is 68.5 Å². The molecule has 1 amide bonds. The molecule has 0 bridgehead atoms. The number of nitrogens with one attached hydrogen (secondary N) is 1. The van der Waals surface area contributed by atoms with Crippen LogP contribution in [0.25, 0.3) is 0 Å². The molecule has 0 fully saturated rings. The largest absolute Gasteiger partial charge is 0.481 e. The molecule has 2 rings (SSSR count). The Morgan fingerprint density at radius 3 is 2.04 bits per heavy atom. The van der Waals surface area contributed by atoms with Gasteiger partial charge in [-0.3, -0.25) is 4.79 Å². The van der Waals surface area contributed by atoms with Crippen LogP contribution in [0.15, 0.2) is 36.4 Å². The van der Waals surface area contributed by atoms with Crippen molar-refractivity contribution >= 4 is 5.91 Å². The van der Waals surface area contributed by atoms with Gasteiger partial charge in [-0.1, -0.05) is 45.0 Å². The van der Waals surface area contributed by atoms with E-state index in [0.717, 1.165) is 5.56 Å². The Bertz CT molecular complexity index is 800. The zero-order valence-electron chi connectivity index (χ0n) is 17.9. The van der Waals surface area contributed by atoms with Crippen molar-refractivity contribution in [2.24, 2.45) is 0 Å². The molecule has 0 aliphatic carbocycles. The fourth-order valence-electron chi connectivity index (χ4n) is 3.15. The number of carbonyl (C=O) groups is 1. The summed E-state index contributed by atoms with van der Waals surface area (Å²) in [5.41, 5.74) is 6.18. The van der Waals surface area contributed by atoms with Gasteiger partial charge in [-0.25, -0.2) is 0 Å². The fourth-order valence-corrected chi connectivity index (χ4v) is 3.15. The van der Waals surface area contributed by atoms with Crippen molar-refractivity contribution in [3.05, 3.63) is 64.2 Å². The van der Waals surface area contributed by atoms with Gasteiger partial charge in [0.2, 0.25) is 0 Å². The van der Waals surface area contributed by atoms with E-state index in [0.29, 0.717) is 5.75 Å². The van der Waals surface area contributed by atoms with E-state index in [1.165, 1.54) is 22.3 Å². The first-order valence-electron chi connectivity index (χ1n) is 9.64. The maximum Gasteiger partial charge on any atom is 0.261 e. The van der Waals surface area contributed by atoms with Crippen LogP contribution in [0.4, 0.5) is 0 Å². The molecule has 3 nitrogen and oxygen atoms in total. The molecule has 0 aliphatic rings. The number of aryl methyl sites for hydroxylation is 3. The van der Waals surface area contributed by atoms with Crippen LogP contribution in [0.2, 0.25) is 0 Å². The minimum atomic E-state index is -0.556. The molecule has 2 atom stereocenters. The number of benzene rings is 2. The van der Waals surface area contributed by atoms with Crippen LogP contribution in [0.5, 0.6) is 5.75 Å². The number of hydrogen-bond donors (Lipinski definition) is 1. The Balaban J connectivity index is 2.02. The Labute approximate surface area is 164 Å². The van der Waals surface area contributed by atoms with Gasteiger partial charge in [0.25, 0.3) is 5.91 Å². The number of ether oxygens (including phenoxy) is 1. The summed E-state index contributed by atoms with van der Waals surface area (Å²) in [6, 6.07) is 12.2. The summed E-state index contributed by atoms with van der Waals surface area (Å²) in [5, 5.41) is 3.08.